The van der Waals surface area contributed by atoms with E-state index in [2.05, 4.69) is 22.4 Å². The zero-order valence-electron chi connectivity index (χ0n) is 11.2. The zero-order chi connectivity index (χ0) is 14.4. The van der Waals surface area contributed by atoms with Crippen LogP contribution in [0.2, 0.25) is 5.02 Å². The average molecular weight is 310 g/mol. The first-order valence-corrected chi connectivity index (χ1v) is 7.78. The SMILES string of the molecule is CCCCC1SC(/N=C/c2ccc(Cl)cc2)=NNC1=O. The third-order valence-corrected chi connectivity index (χ3v) is 4.21. The van der Waals surface area contributed by atoms with Crippen LogP contribution in [0.15, 0.2) is 34.4 Å². The Balaban J connectivity index is 1.98. The minimum atomic E-state index is -0.0928. The van der Waals surface area contributed by atoms with Crippen LogP contribution in [0.25, 0.3) is 0 Å². The standard InChI is InChI=1S/C14H16ClN3OS/c1-2-3-4-12-13(19)17-18-14(20-12)16-9-10-5-7-11(15)8-6-10/h5-9,12H,2-4H2,1H3,(H,17,19)/b16-9+. The van der Waals surface area contributed by atoms with Gasteiger partial charge in [-0.25, -0.2) is 10.4 Å². The lowest BCUT2D eigenvalue weighted by Crippen LogP contribution is -2.34. The number of rotatable bonds is 4. The molecule has 1 aromatic rings. The summed E-state index contributed by atoms with van der Waals surface area (Å²) in [5.41, 5.74) is 3.47. The van der Waals surface area contributed by atoms with Crippen LogP contribution in [0.4, 0.5) is 0 Å². The predicted molar refractivity (Wildman–Crippen MR) is 85.5 cm³/mol. The molecule has 0 bridgehead atoms. The molecule has 0 saturated heterocycles. The molecule has 1 unspecified atom stereocenters. The van der Waals surface area contributed by atoms with E-state index in [1.165, 1.54) is 11.8 Å². The van der Waals surface area contributed by atoms with Gasteiger partial charge in [-0.3, -0.25) is 4.79 Å². The third kappa shape index (κ3) is 4.35. The maximum atomic E-state index is 11.7. The van der Waals surface area contributed by atoms with Crippen molar-refractivity contribution in [3.8, 4) is 0 Å². The Hall–Kier alpha value is -1.33. The number of amidine groups is 1. The molecule has 0 fully saturated rings. The van der Waals surface area contributed by atoms with Crippen LogP contribution < -0.4 is 5.43 Å². The first-order chi connectivity index (χ1) is 9.69. The summed E-state index contributed by atoms with van der Waals surface area (Å²) in [6.45, 7) is 2.11. The highest BCUT2D eigenvalue weighted by atomic mass is 35.5. The number of aliphatic imine (C=N–C) groups is 1. The van der Waals surface area contributed by atoms with E-state index in [-0.39, 0.29) is 11.2 Å². The van der Waals surface area contributed by atoms with Gasteiger partial charge in [0.05, 0.1) is 5.25 Å². The molecule has 1 N–H and O–H groups in total. The van der Waals surface area contributed by atoms with E-state index in [0.717, 1.165) is 24.8 Å². The van der Waals surface area contributed by atoms with Gasteiger partial charge in [0.15, 0.2) is 0 Å². The van der Waals surface area contributed by atoms with Gasteiger partial charge in [-0.2, -0.15) is 0 Å². The van der Waals surface area contributed by atoms with Crippen LogP contribution in [0.5, 0.6) is 0 Å². The normalized spacial score (nSPS) is 19.0. The largest absolute Gasteiger partial charge is 0.272 e. The molecular formula is C14H16ClN3OS. The number of halogens is 1. The van der Waals surface area contributed by atoms with Crippen LogP contribution in [0.3, 0.4) is 0 Å². The highest BCUT2D eigenvalue weighted by molar-refractivity contribution is 8.15. The zero-order valence-corrected chi connectivity index (χ0v) is 12.7. The number of carbonyl (C=O) groups is 1. The van der Waals surface area contributed by atoms with E-state index in [9.17, 15) is 4.79 Å². The fraction of sp³-hybridized carbons (Fsp3) is 0.357. The first-order valence-electron chi connectivity index (χ1n) is 6.53. The van der Waals surface area contributed by atoms with E-state index in [1.54, 1.807) is 6.21 Å². The van der Waals surface area contributed by atoms with E-state index < -0.39 is 0 Å². The Morgan fingerprint density at radius 1 is 1.45 bits per heavy atom. The molecule has 1 heterocycles. The molecule has 6 heteroatoms. The molecule has 0 spiro atoms. The van der Waals surface area contributed by atoms with Gasteiger partial charge in [0, 0.05) is 11.2 Å². The molecule has 1 aliphatic rings. The molecule has 1 amide bonds. The van der Waals surface area contributed by atoms with Crippen LogP contribution in [-0.2, 0) is 4.79 Å². The molecule has 1 aromatic carbocycles. The van der Waals surface area contributed by atoms with Crippen LogP contribution in [-0.4, -0.2) is 22.5 Å². The molecule has 1 aliphatic heterocycles. The van der Waals surface area contributed by atoms with Crippen molar-refractivity contribution < 1.29 is 4.79 Å². The van der Waals surface area contributed by atoms with Crippen molar-refractivity contribution >= 4 is 40.7 Å². The van der Waals surface area contributed by atoms with Crippen molar-refractivity contribution in [1.29, 1.82) is 0 Å². The molecule has 2 rings (SSSR count). The summed E-state index contributed by atoms with van der Waals surface area (Å²) < 4.78 is 0. The molecule has 0 aliphatic carbocycles. The smallest absolute Gasteiger partial charge is 0.253 e. The number of thioether (sulfide) groups is 1. The lowest BCUT2D eigenvalue weighted by molar-refractivity contribution is -0.120. The number of unbranched alkanes of at least 4 members (excludes halogenated alkanes) is 1. The molecule has 106 valence electrons. The predicted octanol–water partition coefficient (Wildman–Crippen LogP) is 3.45. The summed E-state index contributed by atoms with van der Waals surface area (Å²) in [5.74, 6) is -0.0334. The second kappa shape index (κ2) is 7.45. The topological polar surface area (TPSA) is 53.8 Å². The first kappa shape index (κ1) is 15.1. The van der Waals surface area contributed by atoms with Crippen LogP contribution >= 0.6 is 23.4 Å². The van der Waals surface area contributed by atoms with Gasteiger partial charge in [0.2, 0.25) is 5.17 Å². The Bertz CT molecular complexity index is 528. The Labute approximate surface area is 127 Å². The molecule has 0 radical (unpaired) electrons. The van der Waals surface area contributed by atoms with Crippen molar-refractivity contribution in [3.63, 3.8) is 0 Å². The van der Waals surface area contributed by atoms with Gasteiger partial charge in [0.25, 0.3) is 5.91 Å². The lowest BCUT2D eigenvalue weighted by Gasteiger charge is -2.18. The molecule has 0 aromatic heterocycles. The van der Waals surface area contributed by atoms with E-state index in [1.807, 2.05) is 24.3 Å². The summed E-state index contributed by atoms with van der Waals surface area (Å²) in [6.07, 6.45) is 4.67. The number of amides is 1. The highest BCUT2D eigenvalue weighted by Gasteiger charge is 2.24. The van der Waals surface area contributed by atoms with Gasteiger partial charge in [0.1, 0.15) is 0 Å². The van der Waals surface area contributed by atoms with Crippen molar-refractivity contribution in [3.05, 3.63) is 34.9 Å². The van der Waals surface area contributed by atoms with Gasteiger partial charge in [-0.05, 0) is 24.1 Å². The van der Waals surface area contributed by atoms with Crippen LogP contribution in [0, 0.1) is 0 Å². The molecule has 1 atom stereocenters. The minimum Gasteiger partial charge on any atom is -0.272 e. The number of carbonyl (C=O) groups excluding carboxylic acids is 1. The second-order valence-corrected chi connectivity index (χ2v) is 6.04. The highest BCUT2D eigenvalue weighted by Crippen LogP contribution is 2.23. The summed E-state index contributed by atoms with van der Waals surface area (Å²) >= 11 is 7.24. The average Bonchev–Trinajstić information content (AvgIpc) is 2.46. The fourth-order valence-corrected chi connectivity index (χ4v) is 2.74. The van der Waals surface area contributed by atoms with E-state index >= 15 is 0 Å². The number of hydrazone groups is 1. The maximum absolute atomic E-state index is 11.7. The molecule has 0 saturated carbocycles. The summed E-state index contributed by atoms with van der Waals surface area (Å²) in [6, 6.07) is 7.38. The van der Waals surface area contributed by atoms with Gasteiger partial charge < -0.3 is 0 Å². The van der Waals surface area contributed by atoms with Gasteiger partial charge in [-0.1, -0.05) is 55.3 Å². The molecular weight excluding hydrogens is 294 g/mol. The van der Waals surface area contributed by atoms with Crippen molar-refractivity contribution in [2.24, 2.45) is 10.1 Å². The Morgan fingerprint density at radius 3 is 2.90 bits per heavy atom. The van der Waals surface area contributed by atoms with E-state index in [4.69, 9.17) is 11.6 Å². The van der Waals surface area contributed by atoms with Gasteiger partial charge in [-0.15, -0.1) is 5.10 Å². The van der Waals surface area contributed by atoms with Crippen molar-refractivity contribution in [2.45, 2.75) is 31.4 Å². The number of hydrogen-bond donors (Lipinski definition) is 1. The maximum Gasteiger partial charge on any atom is 0.253 e. The molecule has 20 heavy (non-hydrogen) atoms. The number of nitrogens with one attached hydrogen (secondary N) is 1. The van der Waals surface area contributed by atoms with Crippen molar-refractivity contribution in [1.82, 2.24) is 5.43 Å². The summed E-state index contributed by atoms with van der Waals surface area (Å²) in [7, 11) is 0. The Kier molecular flexibility index (Phi) is 5.61. The minimum absolute atomic E-state index is 0.0334. The lowest BCUT2D eigenvalue weighted by atomic mass is 10.2. The quantitative estimate of drug-likeness (QED) is 0.866. The van der Waals surface area contributed by atoms with Crippen molar-refractivity contribution in [2.75, 3.05) is 0 Å². The second-order valence-electron chi connectivity index (χ2n) is 4.43. The number of nitrogens with zero attached hydrogens (tertiary/aromatic N) is 2. The fourth-order valence-electron chi connectivity index (χ4n) is 1.70. The van der Waals surface area contributed by atoms with E-state index in [0.29, 0.717) is 10.2 Å². The molecule has 4 nitrogen and oxygen atoms in total. The number of benzene rings is 1. The summed E-state index contributed by atoms with van der Waals surface area (Å²) in [4.78, 5) is 16.0. The monoisotopic (exact) mass is 309 g/mol. The summed E-state index contributed by atoms with van der Waals surface area (Å²) in [5, 5.41) is 5.14. The van der Waals surface area contributed by atoms with Crippen LogP contribution in [0.1, 0.15) is 31.7 Å². The Morgan fingerprint density at radius 2 is 2.20 bits per heavy atom. The number of hydrogen-bond acceptors (Lipinski definition) is 4. The van der Waals surface area contributed by atoms with Gasteiger partial charge >= 0.3 is 0 Å². The third-order valence-electron chi connectivity index (χ3n) is 2.82.